The van der Waals surface area contributed by atoms with Gasteiger partial charge < -0.3 is 15.2 Å². The molecule has 0 fully saturated rings. The molecule has 0 aromatic heterocycles. The molecule has 0 bridgehead atoms. The van der Waals surface area contributed by atoms with E-state index in [4.69, 9.17) is 5.11 Å². The number of carbonyl (C=O) groups excluding carboxylic acids is 1. The number of aliphatic hydroxyl groups excluding tert-OH is 1. The lowest BCUT2D eigenvalue weighted by Crippen LogP contribution is -2.20. The van der Waals surface area contributed by atoms with E-state index in [1.807, 2.05) is 13.8 Å². The Kier molecular flexibility index (Phi) is 9.28. The standard InChI is InChI=1S/C16H33NO2/c1-15(2,13-18)9-5-7-11-17-12-8-6-10-16(3,4)14-19/h13,17,19H,5-12,14H2,1-4H3. The highest BCUT2D eigenvalue weighted by atomic mass is 16.3. The maximum Gasteiger partial charge on any atom is 0.125 e. The Labute approximate surface area is 119 Å². The summed E-state index contributed by atoms with van der Waals surface area (Å²) in [5.74, 6) is 0. The summed E-state index contributed by atoms with van der Waals surface area (Å²) in [5.41, 5.74) is -0.0870. The summed E-state index contributed by atoms with van der Waals surface area (Å²) in [6.45, 7) is 10.6. The molecule has 0 atom stereocenters. The first-order valence-electron chi connectivity index (χ1n) is 7.61. The molecule has 0 aliphatic heterocycles. The molecule has 0 aliphatic rings. The van der Waals surface area contributed by atoms with Crippen LogP contribution in [0.5, 0.6) is 0 Å². The maximum absolute atomic E-state index is 10.7. The molecule has 0 saturated carbocycles. The van der Waals surface area contributed by atoms with E-state index in [-0.39, 0.29) is 17.4 Å². The van der Waals surface area contributed by atoms with Crippen LogP contribution in [0.2, 0.25) is 0 Å². The summed E-state index contributed by atoms with van der Waals surface area (Å²) in [7, 11) is 0. The number of rotatable bonds is 12. The van der Waals surface area contributed by atoms with Crippen molar-refractivity contribution in [2.45, 2.75) is 66.2 Å². The van der Waals surface area contributed by atoms with Crippen molar-refractivity contribution in [1.82, 2.24) is 5.32 Å². The van der Waals surface area contributed by atoms with E-state index in [1.165, 1.54) is 12.8 Å². The lowest BCUT2D eigenvalue weighted by atomic mass is 9.88. The van der Waals surface area contributed by atoms with Crippen molar-refractivity contribution in [3.8, 4) is 0 Å². The molecule has 0 aromatic rings. The predicted octanol–water partition coefficient (Wildman–Crippen LogP) is 3.16. The van der Waals surface area contributed by atoms with Crippen LogP contribution >= 0.6 is 0 Å². The Morgan fingerprint density at radius 2 is 1.47 bits per heavy atom. The number of hydrogen-bond acceptors (Lipinski definition) is 3. The fraction of sp³-hybridized carbons (Fsp3) is 0.938. The third-order valence-electron chi connectivity index (χ3n) is 3.63. The monoisotopic (exact) mass is 271 g/mol. The van der Waals surface area contributed by atoms with Crippen molar-refractivity contribution in [3.05, 3.63) is 0 Å². The molecule has 0 unspecified atom stereocenters. The van der Waals surface area contributed by atoms with Crippen LogP contribution in [0.25, 0.3) is 0 Å². The summed E-state index contributed by atoms with van der Waals surface area (Å²) in [6, 6.07) is 0. The van der Waals surface area contributed by atoms with Crippen LogP contribution in [0.15, 0.2) is 0 Å². The summed E-state index contributed by atoms with van der Waals surface area (Å²) < 4.78 is 0. The van der Waals surface area contributed by atoms with Gasteiger partial charge in [0.05, 0.1) is 0 Å². The van der Waals surface area contributed by atoms with E-state index in [9.17, 15) is 4.79 Å². The number of unbranched alkanes of at least 4 members (excludes halogenated alkanes) is 2. The molecule has 0 aromatic carbocycles. The van der Waals surface area contributed by atoms with Crippen LogP contribution in [0.4, 0.5) is 0 Å². The molecule has 0 rings (SSSR count). The maximum atomic E-state index is 10.7. The van der Waals surface area contributed by atoms with Crippen molar-refractivity contribution in [3.63, 3.8) is 0 Å². The Bertz CT molecular complexity index is 237. The highest BCUT2D eigenvalue weighted by Crippen LogP contribution is 2.21. The van der Waals surface area contributed by atoms with Gasteiger partial charge in [0.15, 0.2) is 0 Å². The molecule has 0 radical (unpaired) electrons. The Hall–Kier alpha value is -0.410. The summed E-state index contributed by atoms with van der Waals surface area (Å²) in [4.78, 5) is 10.7. The van der Waals surface area contributed by atoms with Gasteiger partial charge in [0.1, 0.15) is 6.29 Å². The van der Waals surface area contributed by atoms with Gasteiger partial charge >= 0.3 is 0 Å². The second-order valence-corrected chi connectivity index (χ2v) is 7.09. The van der Waals surface area contributed by atoms with Gasteiger partial charge in [-0.25, -0.2) is 0 Å². The van der Waals surface area contributed by atoms with E-state index < -0.39 is 0 Å². The smallest absolute Gasteiger partial charge is 0.125 e. The topological polar surface area (TPSA) is 49.3 Å². The minimum absolute atomic E-state index is 0.0699. The number of carbonyl (C=O) groups is 1. The van der Waals surface area contributed by atoms with Crippen molar-refractivity contribution in [2.75, 3.05) is 19.7 Å². The molecule has 2 N–H and O–H groups in total. The van der Waals surface area contributed by atoms with Crippen LogP contribution in [-0.4, -0.2) is 31.1 Å². The number of nitrogens with one attached hydrogen (secondary N) is 1. The second kappa shape index (κ2) is 9.49. The van der Waals surface area contributed by atoms with Gasteiger partial charge in [0, 0.05) is 12.0 Å². The van der Waals surface area contributed by atoms with E-state index in [1.54, 1.807) is 0 Å². The van der Waals surface area contributed by atoms with Crippen LogP contribution in [-0.2, 0) is 4.79 Å². The van der Waals surface area contributed by atoms with Crippen LogP contribution in [0.3, 0.4) is 0 Å². The van der Waals surface area contributed by atoms with Crippen molar-refractivity contribution in [1.29, 1.82) is 0 Å². The molecular weight excluding hydrogens is 238 g/mol. The summed E-state index contributed by atoms with van der Waals surface area (Å²) in [5, 5.41) is 12.6. The predicted molar refractivity (Wildman–Crippen MR) is 81.3 cm³/mol. The highest BCUT2D eigenvalue weighted by molar-refractivity contribution is 5.57. The first kappa shape index (κ1) is 18.6. The zero-order chi connectivity index (χ0) is 14.8. The first-order chi connectivity index (χ1) is 8.83. The number of hydrogen-bond donors (Lipinski definition) is 2. The van der Waals surface area contributed by atoms with E-state index in [0.717, 1.165) is 45.1 Å². The fourth-order valence-corrected chi connectivity index (χ4v) is 1.95. The number of aldehydes is 1. The summed E-state index contributed by atoms with van der Waals surface area (Å²) in [6.07, 6.45) is 7.70. The van der Waals surface area contributed by atoms with E-state index >= 15 is 0 Å². The fourth-order valence-electron chi connectivity index (χ4n) is 1.95. The highest BCUT2D eigenvalue weighted by Gasteiger charge is 2.15. The van der Waals surface area contributed by atoms with Gasteiger partial charge in [0.2, 0.25) is 0 Å². The Morgan fingerprint density at radius 3 is 1.95 bits per heavy atom. The third kappa shape index (κ3) is 11.1. The van der Waals surface area contributed by atoms with E-state index in [0.29, 0.717) is 0 Å². The second-order valence-electron chi connectivity index (χ2n) is 7.09. The molecule has 0 spiro atoms. The first-order valence-corrected chi connectivity index (χ1v) is 7.61. The molecule has 0 heterocycles. The molecule has 0 amide bonds. The van der Waals surface area contributed by atoms with Crippen molar-refractivity contribution >= 4 is 6.29 Å². The van der Waals surface area contributed by atoms with Gasteiger partial charge in [-0.2, -0.15) is 0 Å². The molecule has 19 heavy (non-hydrogen) atoms. The average Bonchev–Trinajstić information content (AvgIpc) is 2.36. The van der Waals surface area contributed by atoms with Gasteiger partial charge in [-0.1, -0.05) is 40.5 Å². The summed E-state index contributed by atoms with van der Waals surface area (Å²) >= 11 is 0. The SMILES string of the molecule is CC(C)(C=O)CCCCNCCCCC(C)(C)CO. The minimum atomic E-state index is -0.157. The van der Waals surface area contributed by atoms with Crippen LogP contribution in [0, 0.1) is 10.8 Å². The molecule has 114 valence electrons. The van der Waals surface area contributed by atoms with Gasteiger partial charge in [0.25, 0.3) is 0 Å². The van der Waals surface area contributed by atoms with Gasteiger partial charge in [-0.05, 0) is 44.2 Å². The Balaban J connectivity index is 3.31. The van der Waals surface area contributed by atoms with Crippen molar-refractivity contribution < 1.29 is 9.90 Å². The van der Waals surface area contributed by atoms with E-state index in [2.05, 4.69) is 19.2 Å². The normalized spacial score (nSPS) is 12.7. The van der Waals surface area contributed by atoms with Crippen LogP contribution in [0.1, 0.15) is 66.2 Å². The lowest BCUT2D eigenvalue weighted by molar-refractivity contribution is -0.115. The molecule has 0 aliphatic carbocycles. The van der Waals surface area contributed by atoms with Gasteiger partial charge in [-0.15, -0.1) is 0 Å². The minimum Gasteiger partial charge on any atom is -0.396 e. The van der Waals surface area contributed by atoms with Crippen LogP contribution < -0.4 is 5.32 Å². The zero-order valence-corrected chi connectivity index (χ0v) is 13.3. The molecule has 3 nitrogen and oxygen atoms in total. The molecule has 0 saturated heterocycles. The third-order valence-corrected chi connectivity index (χ3v) is 3.63. The average molecular weight is 271 g/mol. The largest absolute Gasteiger partial charge is 0.396 e. The molecule has 3 heteroatoms. The number of aliphatic hydroxyl groups is 1. The van der Waals surface area contributed by atoms with Gasteiger partial charge in [-0.3, -0.25) is 0 Å². The molecular formula is C16H33NO2. The zero-order valence-electron chi connectivity index (χ0n) is 13.3. The lowest BCUT2D eigenvalue weighted by Gasteiger charge is -2.21. The quantitative estimate of drug-likeness (QED) is 0.423. The van der Waals surface area contributed by atoms with Crippen molar-refractivity contribution in [2.24, 2.45) is 10.8 Å². The Morgan fingerprint density at radius 1 is 0.947 bits per heavy atom.